The molecule has 0 aliphatic heterocycles. The molecule has 0 aliphatic rings. The predicted molar refractivity (Wildman–Crippen MR) is 61.4 cm³/mol. The van der Waals surface area contributed by atoms with Crippen molar-refractivity contribution in [3.8, 4) is 5.75 Å². The highest BCUT2D eigenvalue weighted by Gasteiger charge is 2.34. The highest BCUT2D eigenvalue weighted by atomic mass is 19.4. The van der Waals surface area contributed by atoms with Gasteiger partial charge in [0.2, 0.25) is 5.96 Å². The van der Waals surface area contributed by atoms with Gasteiger partial charge >= 0.3 is 6.18 Å². The molecule has 1 rings (SSSR count). The van der Waals surface area contributed by atoms with Crippen LogP contribution in [0.2, 0.25) is 0 Å². The molecule has 1 aromatic carbocycles. The van der Waals surface area contributed by atoms with Crippen molar-refractivity contribution < 1.29 is 17.9 Å². The normalized spacial score (nSPS) is 11.6. The Hall–Kier alpha value is -2.25. The van der Waals surface area contributed by atoms with Crippen molar-refractivity contribution in [2.24, 2.45) is 21.7 Å². The molecular formula is C10H11F3N4O. The third kappa shape index (κ3) is 3.37. The van der Waals surface area contributed by atoms with Gasteiger partial charge in [-0.05, 0) is 12.1 Å². The first-order chi connectivity index (χ1) is 8.36. The average Bonchev–Trinajstić information content (AvgIpc) is 2.27. The fourth-order valence-electron chi connectivity index (χ4n) is 1.27. The molecule has 0 saturated heterocycles. The van der Waals surface area contributed by atoms with Crippen LogP contribution in [0.1, 0.15) is 11.1 Å². The molecule has 0 aromatic heterocycles. The van der Waals surface area contributed by atoms with Gasteiger partial charge in [0.1, 0.15) is 5.75 Å². The molecule has 5 nitrogen and oxygen atoms in total. The Morgan fingerprint density at radius 2 is 2.00 bits per heavy atom. The molecule has 8 heteroatoms. The maximum Gasteiger partial charge on any atom is 0.419 e. The van der Waals surface area contributed by atoms with Crippen molar-refractivity contribution in [1.82, 2.24) is 0 Å². The Balaban J connectivity index is 3.22. The highest BCUT2D eigenvalue weighted by molar-refractivity contribution is 5.85. The topological polar surface area (TPSA) is 86.0 Å². The molecule has 0 heterocycles. The zero-order valence-corrected chi connectivity index (χ0v) is 9.40. The molecule has 98 valence electrons. The first-order valence-corrected chi connectivity index (χ1v) is 4.72. The fourth-order valence-corrected chi connectivity index (χ4v) is 1.27. The first kappa shape index (κ1) is 13.8. The van der Waals surface area contributed by atoms with Crippen molar-refractivity contribution in [3.05, 3.63) is 29.3 Å². The number of alkyl halides is 3. The summed E-state index contributed by atoms with van der Waals surface area (Å²) in [5.74, 6) is -0.628. The van der Waals surface area contributed by atoms with Crippen molar-refractivity contribution in [2.45, 2.75) is 6.18 Å². The van der Waals surface area contributed by atoms with Crippen LogP contribution >= 0.6 is 0 Å². The highest BCUT2D eigenvalue weighted by Crippen LogP contribution is 2.37. The quantitative estimate of drug-likeness (QED) is 0.488. The maximum absolute atomic E-state index is 12.7. The summed E-state index contributed by atoms with van der Waals surface area (Å²) in [6.07, 6.45) is -3.43. The molecule has 0 amide bonds. The van der Waals surface area contributed by atoms with Crippen molar-refractivity contribution >= 4 is 12.2 Å². The molecule has 0 fully saturated rings. The van der Waals surface area contributed by atoms with Gasteiger partial charge in [-0.15, -0.1) is 5.10 Å². The van der Waals surface area contributed by atoms with E-state index in [2.05, 4.69) is 10.2 Å². The summed E-state index contributed by atoms with van der Waals surface area (Å²) in [6.45, 7) is 0. The number of nitrogens with zero attached hydrogens (tertiary/aromatic N) is 2. The molecule has 4 N–H and O–H groups in total. The minimum absolute atomic E-state index is 0.123. The van der Waals surface area contributed by atoms with Gasteiger partial charge in [0, 0.05) is 5.56 Å². The van der Waals surface area contributed by atoms with Gasteiger partial charge in [0.25, 0.3) is 0 Å². The smallest absolute Gasteiger partial charge is 0.419 e. The van der Waals surface area contributed by atoms with Crippen LogP contribution in [0.3, 0.4) is 0 Å². The lowest BCUT2D eigenvalue weighted by Crippen LogP contribution is -2.21. The minimum atomic E-state index is -4.51. The lowest BCUT2D eigenvalue weighted by Gasteiger charge is -2.13. The van der Waals surface area contributed by atoms with E-state index in [-0.39, 0.29) is 17.3 Å². The molecule has 0 bridgehead atoms. The molecule has 1 aromatic rings. The summed E-state index contributed by atoms with van der Waals surface area (Å²) in [5.41, 5.74) is 9.29. The number of rotatable bonds is 3. The number of para-hydroxylation sites is 1. The Labute approximate surface area is 101 Å². The minimum Gasteiger partial charge on any atom is -0.495 e. The summed E-state index contributed by atoms with van der Waals surface area (Å²) < 4.78 is 42.8. The van der Waals surface area contributed by atoms with E-state index in [9.17, 15) is 13.2 Å². The number of guanidine groups is 1. The van der Waals surface area contributed by atoms with Crippen LogP contribution in [0.15, 0.2) is 28.4 Å². The molecule has 18 heavy (non-hydrogen) atoms. The number of benzene rings is 1. The number of hydrogen-bond acceptors (Lipinski definition) is 3. The van der Waals surface area contributed by atoms with Crippen LogP contribution in [0.25, 0.3) is 0 Å². The molecule has 0 radical (unpaired) electrons. The zero-order chi connectivity index (χ0) is 13.8. The van der Waals surface area contributed by atoms with Gasteiger partial charge in [0.15, 0.2) is 0 Å². The summed E-state index contributed by atoms with van der Waals surface area (Å²) in [5, 5.41) is 6.73. The standard InChI is InChI=1S/C10H11F3N4O/c1-18-8-6(5-16-17-9(14)15)3-2-4-7(8)10(11,12)13/h2-5H,1H3,(H4,14,15,17). The first-order valence-electron chi connectivity index (χ1n) is 4.72. The van der Waals surface area contributed by atoms with Crippen LogP contribution in [-0.4, -0.2) is 19.3 Å². The maximum atomic E-state index is 12.7. The van der Waals surface area contributed by atoms with Gasteiger partial charge in [-0.1, -0.05) is 6.07 Å². The summed E-state index contributed by atoms with van der Waals surface area (Å²) in [7, 11) is 1.14. The average molecular weight is 260 g/mol. The van der Waals surface area contributed by atoms with Crippen LogP contribution in [0.4, 0.5) is 13.2 Å². The van der Waals surface area contributed by atoms with Gasteiger partial charge in [0.05, 0.1) is 18.9 Å². The number of halogens is 3. The van der Waals surface area contributed by atoms with E-state index in [4.69, 9.17) is 16.2 Å². The Bertz CT molecular complexity index is 479. The van der Waals surface area contributed by atoms with Gasteiger partial charge in [-0.25, -0.2) is 0 Å². The molecule has 0 spiro atoms. The second kappa shape index (κ2) is 5.39. The monoisotopic (exact) mass is 260 g/mol. The lowest BCUT2D eigenvalue weighted by molar-refractivity contribution is -0.138. The second-order valence-electron chi connectivity index (χ2n) is 3.20. The number of hydrogen-bond donors (Lipinski definition) is 2. The van der Waals surface area contributed by atoms with Crippen LogP contribution < -0.4 is 16.2 Å². The number of methoxy groups -OCH3 is 1. The Morgan fingerprint density at radius 1 is 1.33 bits per heavy atom. The van der Waals surface area contributed by atoms with Crippen LogP contribution in [0, 0.1) is 0 Å². The van der Waals surface area contributed by atoms with Gasteiger partial charge in [-0.3, -0.25) is 0 Å². The molecule has 0 aliphatic carbocycles. The molecule has 0 atom stereocenters. The third-order valence-electron chi connectivity index (χ3n) is 1.93. The molecule has 0 unspecified atom stereocenters. The SMILES string of the molecule is COc1c(C=NN=C(N)N)cccc1C(F)(F)F. The van der Waals surface area contributed by atoms with Gasteiger partial charge in [-0.2, -0.15) is 18.3 Å². The summed E-state index contributed by atoms with van der Waals surface area (Å²) in [4.78, 5) is 0. The second-order valence-corrected chi connectivity index (χ2v) is 3.20. The van der Waals surface area contributed by atoms with Gasteiger partial charge < -0.3 is 16.2 Å². The number of nitrogens with two attached hydrogens (primary N) is 2. The summed E-state index contributed by atoms with van der Waals surface area (Å²) >= 11 is 0. The van der Waals surface area contributed by atoms with Crippen molar-refractivity contribution in [2.75, 3.05) is 7.11 Å². The molecular weight excluding hydrogens is 249 g/mol. The van der Waals surface area contributed by atoms with Crippen LogP contribution in [0.5, 0.6) is 5.75 Å². The van der Waals surface area contributed by atoms with Crippen molar-refractivity contribution in [3.63, 3.8) is 0 Å². The number of ether oxygens (including phenoxy) is 1. The fraction of sp³-hybridized carbons (Fsp3) is 0.200. The van der Waals surface area contributed by atoms with Crippen LogP contribution in [-0.2, 0) is 6.18 Å². The van der Waals surface area contributed by atoms with E-state index in [0.717, 1.165) is 19.4 Å². The largest absolute Gasteiger partial charge is 0.495 e. The lowest BCUT2D eigenvalue weighted by atomic mass is 10.1. The Kier molecular flexibility index (Phi) is 4.13. The molecule has 0 saturated carbocycles. The zero-order valence-electron chi connectivity index (χ0n) is 9.40. The van der Waals surface area contributed by atoms with E-state index >= 15 is 0 Å². The van der Waals surface area contributed by atoms with E-state index < -0.39 is 11.7 Å². The Morgan fingerprint density at radius 3 is 2.50 bits per heavy atom. The summed E-state index contributed by atoms with van der Waals surface area (Å²) in [6, 6.07) is 3.55. The predicted octanol–water partition coefficient (Wildman–Crippen LogP) is 1.32. The third-order valence-corrected chi connectivity index (χ3v) is 1.93. The van der Waals surface area contributed by atoms with E-state index in [1.807, 2.05) is 0 Å². The van der Waals surface area contributed by atoms with E-state index in [0.29, 0.717) is 0 Å². The van der Waals surface area contributed by atoms with E-state index in [1.165, 1.54) is 12.1 Å². The van der Waals surface area contributed by atoms with Crippen molar-refractivity contribution in [1.29, 1.82) is 0 Å². The van der Waals surface area contributed by atoms with E-state index in [1.54, 1.807) is 0 Å².